The molecule has 80 valence electrons. The minimum Gasteiger partial charge on any atom is -0.383 e. The smallest absolute Gasteiger partial charge is 0.153 e. The normalized spacial score (nSPS) is 10.8. The predicted molar refractivity (Wildman–Crippen MR) is 58.1 cm³/mol. The van der Waals surface area contributed by atoms with E-state index in [1.165, 1.54) is 0 Å². The predicted octanol–water partition coefficient (Wildman–Crippen LogP) is 1.10. The van der Waals surface area contributed by atoms with Gasteiger partial charge in [-0.2, -0.15) is 0 Å². The molecule has 0 bridgehead atoms. The van der Waals surface area contributed by atoms with Crippen LogP contribution in [0.1, 0.15) is 5.69 Å². The van der Waals surface area contributed by atoms with Gasteiger partial charge in [0.05, 0.1) is 18.5 Å². The van der Waals surface area contributed by atoms with Gasteiger partial charge in [-0.1, -0.05) is 0 Å². The number of hydrogen-bond donors (Lipinski definition) is 1. The summed E-state index contributed by atoms with van der Waals surface area (Å²) in [4.78, 5) is 4.20. The Bertz CT molecular complexity index is 452. The van der Waals surface area contributed by atoms with E-state index in [0.29, 0.717) is 6.61 Å². The van der Waals surface area contributed by atoms with Crippen molar-refractivity contribution in [1.29, 1.82) is 0 Å². The molecule has 0 radical (unpaired) electrons. The van der Waals surface area contributed by atoms with Gasteiger partial charge < -0.3 is 10.1 Å². The Hall–Kier alpha value is -1.62. The number of anilines is 1. The van der Waals surface area contributed by atoms with Crippen molar-refractivity contribution in [2.45, 2.75) is 6.92 Å². The minimum atomic E-state index is 0.669. The lowest BCUT2D eigenvalue weighted by Crippen LogP contribution is -2.10. The van der Waals surface area contributed by atoms with Crippen molar-refractivity contribution in [3.8, 4) is 0 Å². The van der Waals surface area contributed by atoms with Gasteiger partial charge in [0.15, 0.2) is 5.65 Å². The van der Waals surface area contributed by atoms with Crippen molar-refractivity contribution in [1.82, 2.24) is 14.6 Å². The first-order valence-corrected chi connectivity index (χ1v) is 4.85. The summed E-state index contributed by atoms with van der Waals surface area (Å²) in [7, 11) is 1.68. The molecule has 0 amide bonds. The molecular formula is C10H14N4O. The number of nitrogens with one attached hydrogen (secondary N) is 1. The van der Waals surface area contributed by atoms with Gasteiger partial charge in [0.1, 0.15) is 5.82 Å². The van der Waals surface area contributed by atoms with E-state index in [4.69, 9.17) is 4.74 Å². The molecule has 0 saturated carbocycles. The molecule has 2 aromatic rings. The molecule has 2 rings (SSSR count). The minimum absolute atomic E-state index is 0.669. The SMILES string of the molecule is COCCNc1ccc2ncc(C)n2n1. The molecule has 0 unspecified atom stereocenters. The highest BCUT2D eigenvalue weighted by Crippen LogP contribution is 2.07. The molecule has 2 heterocycles. The van der Waals surface area contributed by atoms with Crippen LogP contribution in [0.2, 0.25) is 0 Å². The third-order valence-corrected chi connectivity index (χ3v) is 2.15. The van der Waals surface area contributed by atoms with E-state index in [-0.39, 0.29) is 0 Å². The van der Waals surface area contributed by atoms with Crippen LogP contribution in [-0.2, 0) is 4.74 Å². The summed E-state index contributed by atoms with van der Waals surface area (Å²) in [5.41, 5.74) is 1.89. The zero-order valence-corrected chi connectivity index (χ0v) is 8.90. The number of methoxy groups -OCH3 is 1. The van der Waals surface area contributed by atoms with Crippen molar-refractivity contribution < 1.29 is 4.74 Å². The Kier molecular flexibility index (Phi) is 2.82. The van der Waals surface area contributed by atoms with Gasteiger partial charge >= 0.3 is 0 Å². The first kappa shape index (κ1) is 9.92. The van der Waals surface area contributed by atoms with Gasteiger partial charge in [0, 0.05) is 13.7 Å². The van der Waals surface area contributed by atoms with Crippen molar-refractivity contribution in [2.75, 3.05) is 25.6 Å². The molecule has 0 aliphatic rings. The third-order valence-electron chi connectivity index (χ3n) is 2.15. The summed E-state index contributed by atoms with van der Waals surface area (Å²) in [6.45, 7) is 3.40. The first-order valence-electron chi connectivity index (χ1n) is 4.85. The van der Waals surface area contributed by atoms with Crippen molar-refractivity contribution in [2.24, 2.45) is 0 Å². The molecule has 1 N–H and O–H groups in total. The largest absolute Gasteiger partial charge is 0.383 e. The molecular weight excluding hydrogens is 192 g/mol. The molecule has 0 saturated heterocycles. The maximum Gasteiger partial charge on any atom is 0.153 e. The average Bonchev–Trinajstić information content (AvgIpc) is 2.61. The topological polar surface area (TPSA) is 51.5 Å². The number of fused-ring (bicyclic) bond motifs is 1. The van der Waals surface area contributed by atoms with E-state index >= 15 is 0 Å². The molecule has 15 heavy (non-hydrogen) atoms. The van der Waals surface area contributed by atoms with Gasteiger partial charge in [-0.25, -0.2) is 9.50 Å². The third kappa shape index (κ3) is 2.07. The summed E-state index contributed by atoms with van der Waals surface area (Å²) in [6.07, 6.45) is 1.81. The monoisotopic (exact) mass is 206 g/mol. The number of nitrogens with zero attached hydrogens (tertiary/aromatic N) is 3. The van der Waals surface area contributed by atoms with Crippen molar-refractivity contribution in [3.63, 3.8) is 0 Å². The van der Waals surface area contributed by atoms with Gasteiger partial charge in [0.2, 0.25) is 0 Å². The molecule has 5 nitrogen and oxygen atoms in total. The Balaban J connectivity index is 2.18. The Morgan fingerprint density at radius 1 is 1.47 bits per heavy atom. The summed E-state index contributed by atoms with van der Waals surface area (Å²) >= 11 is 0. The van der Waals surface area contributed by atoms with Crippen LogP contribution in [-0.4, -0.2) is 34.9 Å². The fraction of sp³-hybridized carbons (Fsp3) is 0.400. The molecule has 0 spiro atoms. The lowest BCUT2D eigenvalue weighted by molar-refractivity contribution is 0.210. The Labute approximate surface area is 88.1 Å². The van der Waals surface area contributed by atoms with Crippen LogP contribution >= 0.6 is 0 Å². The van der Waals surface area contributed by atoms with Gasteiger partial charge in [0.25, 0.3) is 0 Å². The molecule has 0 aliphatic carbocycles. The standard InChI is InChI=1S/C10H14N4O/c1-8-7-12-10-4-3-9(13-14(8)10)11-5-6-15-2/h3-4,7H,5-6H2,1-2H3,(H,11,13). The van der Waals surface area contributed by atoms with Crippen LogP contribution in [0.25, 0.3) is 5.65 Å². The first-order chi connectivity index (χ1) is 7.31. The average molecular weight is 206 g/mol. The summed E-state index contributed by atoms with van der Waals surface area (Å²) in [6, 6.07) is 3.85. The highest BCUT2D eigenvalue weighted by Gasteiger charge is 2.00. The molecule has 0 fully saturated rings. The second-order valence-electron chi connectivity index (χ2n) is 3.31. The van der Waals surface area contributed by atoms with Crippen LogP contribution < -0.4 is 5.32 Å². The number of aromatic nitrogens is 3. The van der Waals surface area contributed by atoms with Gasteiger partial charge in [-0.05, 0) is 19.1 Å². The summed E-state index contributed by atoms with van der Waals surface area (Å²) in [5.74, 6) is 0.834. The van der Waals surface area contributed by atoms with Gasteiger partial charge in [-0.3, -0.25) is 0 Å². The fourth-order valence-corrected chi connectivity index (χ4v) is 1.36. The lowest BCUT2D eigenvalue weighted by atomic mass is 10.5. The van der Waals surface area contributed by atoms with E-state index in [0.717, 1.165) is 23.7 Å². The Morgan fingerprint density at radius 3 is 3.13 bits per heavy atom. The van der Waals surface area contributed by atoms with Crippen LogP contribution in [0.5, 0.6) is 0 Å². The van der Waals surface area contributed by atoms with E-state index in [1.807, 2.05) is 23.6 Å². The molecule has 5 heteroatoms. The quantitative estimate of drug-likeness (QED) is 0.761. The second kappa shape index (κ2) is 4.27. The lowest BCUT2D eigenvalue weighted by Gasteiger charge is -2.05. The number of hydrogen-bond acceptors (Lipinski definition) is 4. The van der Waals surface area contributed by atoms with Crippen molar-refractivity contribution in [3.05, 3.63) is 24.0 Å². The number of rotatable bonds is 4. The number of imidazole rings is 1. The van der Waals surface area contributed by atoms with E-state index < -0.39 is 0 Å². The molecule has 0 aromatic carbocycles. The highest BCUT2D eigenvalue weighted by molar-refractivity contribution is 5.45. The summed E-state index contributed by atoms with van der Waals surface area (Å²) in [5, 5.41) is 7.56. The second-order valence-corrected chi connectivity index (χ2v) is 3.31. The number of ether oxygens (including phenoxy) is 1. The van der Waals surface area contributed by atoms with Crippen LogP contribution in [0.4, 0.5) is 5.82 Å². The zero-order valence-electron chi connectivity index (χ0n) is 8.90. The highest BCUT2D eigenvalue weighted by atomic mass is 16.5. The molecule has 0 aliphatic heterocycles. The zero-order chi connectivity index (χ0) is 10.7. The van der Waals surface area contributed by atoms with Crippen LogP contribution in [0, 0.1) is 6.92 Å². The maximum atomic E-state index is 4.95. The van der Waals surface area contributed by atoms with Gasteiger partial charge in [-0.15, -0.1) is 5.10 Å². The van der Waals surface area contributed by atoms with Crippen LogP contribution in [0.15, 0.2) is 18.3 Å². The van der Waals surface area contributed by atoms with Crippen LogP contribution in [0.3, 0.4) is 0 Å². The maximum absolute atomic E-state index is 4.95. The Morgan fingerprint density at radius 2 is 2.33 bits per heavy atom. The van der Waals surface area contributed by atoms with E-state index in [2.05, 4.69) is 15.4 Å². The summed E-state index contributed by atoms with van der Waals surface area (Å²) < 4.78 is 6.76. The van der Waals surface area contributed by atoms with Crippen molar-refractivity contribution >= 4 is 11.5 Å². The number of aryl methyl sites for hydroxylation is 1. The van der Waals surface area contributed by atoms with E-state index in [9.17, 15) is 0 Å². The molecule has 2 aromatic heterocycles. The van der Waals surface area contributed by atoms with E-state index in [1.54, 1.807) is 13.3 Å². The molecule has 0 atom stereocenters. The fourth-order valence-electron chi connectivity index (χ4n) is 1.36.